The van der Waals surface area contributed by atoms with Gasteiger partial charge < -0.3 is 4.74 Å². The molecule has 78 valence electrons. The van der Waals surface area contributed by atoms with Crippen LogP contribution in [0, 0.1) is 0 Å². The third-order valence-corrected chi connectivity index (χ3v) is 2.15. The Balaban J connectivity index is 2.32. The van der Waals surface area contributed by atoms with Gasteiger partial charge in [-0.05, 0) is 35.1 Å². The molecule has 3 nitrogen and oxygen atoms in total. The number of benzene rings is 2. The number of isothiocyanates is 1. The lowest BCUT2D eigenvalue weighted by molar-refractivity contribution is 0.211. The van der Waals surface area contributed by atoms with E-state index in [0.717, 1.165) is 10.8 Å². The predicted molar refractivity (Wildman–Crippen MR) is 65.0 cm³/mol. The fourth-order valence-corrected chi connectivity index (χ4v) is 1.47. The molecule has 0 radical (unpaired) electrons. The molecular weight excluding hydrogens is 222 g/mol. The van der Waals surface area contributed by atoms with Gasteiger partial charge in [-0.25, -0.2) is 4.79 Å². The van der Waals surface area contributed by atoms with E-state index in [1.165, 1.54) is 0 Å². The van der Waals surface area contributed by atoms with Gasteiger partial charge in [-0.15, -0.1) is 4.99 Å². The molecule has 2 aromatic rings. The molecule has 1 amide bonds. The largest absolute Gasteiger partial charge is 0.448 e. The molecule has 0 fully saturated rings. The Morgan fingerprint density at radius 1 is 1.19 bits per heavy atom. The number of amides is 1. The van der Waals surface area contributed by atoms with E-state index in [9.17, 15) is 4.79 Å². The van der Waals surface area contributed by atoms with E-state index >= 15 is 0 Å². The second kappa shape index (κ2) is 4.66. The SMILES string of the molecule is O=C(N=C=S)Oc1ccc2ccccc2c1. The average molecular weight is 229 g/mol. The number of hydrogen-bond donors (Lipinski definition) is 0. The van der Waals surface area contributed by atoms with E-state index in [1.807, 2.05) is 35.5 Å². The van der Waals surface area contributed by atoms with Gasteiger partial charge in [-0.1, -0.05) is 30.3 Å². The number of nitrogens with zero attached hydrogens (tertiary/aromatic N) is 1. The third kappa shape index (κ3) is 2.31. The van der Waals surface area contributed by atoms with Crippen molar-refractivity contribution >= 4 is 34.2 Å². The molecule has 0 saturated heterocycles. The van der Waals surface area contributed by atoms with E-state index in [1.54, 1.807) is 12.1 Å². The molecule has 0 unspecified atom stereocenters. The second-order valence-corrected chi connectivity index (χ2v) is 3.26. The minimum absolute atomic E-state index is 0.442. The molecule has 2 aromatic carbocycles. The van der Waals surface area contributed by atoms with Gasteiger partial charge in [0.15, 0.2) is 0 Å². The minimum Gasteiger partial charge on any atom is -0.408 e. The zero-order chi connectivity index (χ0) is 11.4. The number of rotatable bonds is 1. The van der Waals surface area contributed by atoms with Crippen molar-refractivity contribution in [3.63, 3.8) is 0 Å². The molecule has 0 N–H and O–H groups in total. The molecule has 4 heteroatoms. The van der Waals surface area contributed by atoms with Crippen molar-refractivity contribution in [3.05, 3.63) is 42.5 Å². The number of carbonyl (C=O) groups is 1. The standard InChI is InChI=1S/C12H7NO2S/c14-12(13-8-16)15-11-6-5-9-3-1-2-4-10(9)7-11/h1-7H. The van der Waals surface area contributed by atoms with Crippen LogP contribution in [-0.2, 0) is 0 Å². The van der Waals surface area contributed by atoms with Crippen LogP contribution in [0.2, 0.25) is 0 Å². The molecule has 2 rings (SSSR count). The van der Waals surface area contributed by atoms with E-state index in [-0.39, 0.29) is 0 Å². The van der Waals surface area contributed by atoms with Gasteiger partial charge in [0, 0.05) is 0 Å². The Hall–Kier alpha value is -2.03. The zero-order valence-electron chi connectivity index (χ0n) is 8.21. The monoisotopic (exact) mass is 229 g/mol. The van der Waals surface area contributed by atoms with Crippen LogP contribution >= 0.6 is 12.2 Å². The summed E-state index contributed by atoms with van der Waals surface area (Å²) in [5.41, 5.74) is 0. The van der Waals surface area contributed by atoms with E-state index in [0.29, 0.717) is 5.75 Å². The number of aliphatic imine (C=N–C) groups is 1. The van der Waals surface area contributed by atoms with E-state index in [4.69, 9.17) is 4.74 Å². The number of hydrogen-bond acceptors (Lipinski definition) is 3. The van der Waals surface area contributed by atoms with Crippen LogP contribution in [0.5, 0.6) is 5.75 Å². The summed E-state index contributed by atoms with van der Waals surface area (Å²) in [6.45, 7) is 0. The fourth-order valence-electron chi connectivity index (χ4n) is 1.39. The van der Waals surface area contributed by atoms with Gasteiger partial charge in [0.05, 0.1) is 5.16 Å². The van der Waals surface area contributed by atoms with Gasteiger partial charge in [0.25, 0.3) is 0 Å². The zero-order valence-corrected chi connectivity index (χ0v) is 9.03. The summed E-state index contributed by atoms with van der Waals surface area (Å²) in [5, 5.41) is 4.04. The summed E-state index contributed by atoms with van der Waals surface area (Å²) in [5.74, 6) is 0.442. The van der Waals surface area contributed by atoms with Crippen molar-refractivity contribution in [2.45, 2.75) is 0 Å². The second-order valence-electron chi connectivity index (χ2n) is 3.08. The summed E-state index contributed by atoms with van der Waals surface area (Å²) in [4.78, 5) is 14.2. The minimum atomic E-state index is -0.759. The molecule has 0 aliphatic heterocycles. The summed E-state index contributed by atoms with van der Waals surface area (Å²) in [6, 6.07) is 13.1. The highest BCUT2D eigenvalue weighted by Crippen LogP contribution is 2.20. The highest BCUT2D eigenvalue weighted by atomic mass is 32.1. The summed E-state index contributed by atoms with van der Waals surface area (Å²) >= 11 is 4.30. The van der Waals surface area contributed by atoms with Gasteiger partial charge >= 0.3 is 6.09 Å². The van der Waals surface area contributed by atoms with Gasteiger partial charge in [-0.2, -0.15) is 0 Å². The first kappa shape index (κ1) is 10.5. The Kier molecular flexibility index (Phi) is 3.05. The fraction of sp³-hybridized carbons (Fsp3) is 0. The molecular formula is C12H7NO2S. The number of carbonyl (C=O) groups excluding carboxylic acids is 1. The Labute approximate surface area is 97.4 Å². The van der Waals surface area contributed by atoms with Gasteiger partial charge in [0.1, 0.15) is 5.75 Å². The van der Waals surface area contributed by atoms with Crippen molar-refractivity contribution in [3.8, 4) is 5.75 Å². The molecule has 0 atom stereocenters. The van der Waals surface area contributed by atoms with Crippen LogP contribution in [0.4, 0.5) is 4.79 Å². The smallest absolute Gasteiger partial charge is 0.408 e. The van der Waals surface area contributed by atoms with Crippen molar-refractivity contribution < 1.29 is 9.53 Å². The van der Waals surface area contributed by atoms with Crippen molar-refractivity contribution in [1.29, 1.82) is 0 Å². The van der Waals surface area contributed by atoms with Gasteiger partial charge in [0.2, 0.25) is 0 Å². The lowest BCUT2D eigenvalue weighted by Crippen LogP contribution is -2.00. The number of thiocarbonyl (C=S) groups is 1. The predicted octanol–water partition coefficient (Wildman–Crippen LogP) is 3.44. The first-order valence-corrected chi connectivity index (χ1v) is 4.99. The summed E-state index contributed by atoms with van der Waals surface area (Å²) in [6.07, 6.45) is -0.759. The normalized spacial score (nSPS) is 9.50. The summed E-state index contributed by atoms with van der Waals surface area (Å²) < 4.78 is 4.93. The maximum atomic E-state index is 11.0. The summed E-state index contributed by atoms with van der Waals surface area (Å²) in [7, 11) is 0. The van der Waals surface area contributed by atoms with Crippen molar-refractivity contribution in [2.24, 2.45) is 4.99 Å². The van der Waals surface area contributed by atoms with E-state index in [2.05, 4.69) is 17.2 Å². The Morgan fingerprint density at radius 2 is 1.94 bits per heavy atom. The molecule has 0 bridgehead atoms. The Bertz CT molecular complexity index is 588. The van der Waals surface area contributed by atoms with E-state index < -0.39 is 6.09 Å². The van der Waals surface area contributed by atoms with Crippen LogP contribution in [-0.4, -0.2) is 11.3 Å². The number of ether oxygens (including phenoxy) is 1. The first-order chi connectivity index (χ1) is 7.79. The number of fused-ring (bicyclic) bond motifs is 1. The molecule has 0 heterocycles. The molecule has 0 spiro atoms. The molecule has 0 aliphatic rings. The van der Waals surface area contributed by atoms with Crippen LogP contribution in [0.25, 0.3) is 10.8 Å². The molecule has 0 saturated carbocycles. The van der Waals surface area contributed by atoms with Crippen LogP contribution in [0.3, 0.4) is 0 Å². The van der Waals surface area contributed by atoms with Crippen LogP contribution in [0.15, 0.2) is 47.5 Å². The van der Waals surface area contributed by atoms with Crippen molar-refractivity contribution in [2.75, 3.05) is 0 Å². The highest BCUT2D eigenvalue weighted by Gasteiger charge is 2.02. The molecule has 0 aromatic heterocycles. The highest BCUT2D eigenvalue weighted by molar-refractivity contribution is 7.78. The Morgan fingerprint density at radius 3 is 2.69 bits per heavy atom. The van der Waals surface area contributed by atoms with Gasteiger partial charge in [-0.3, -0.25) is 0 Å². The molecule has 0 aliphatic carbocycles. The van der Waals surface area contributed by atoms with Crippen LogP contribution < -0.4 is 4.74 Å². The lowest BCUT2D eigenvalue weighted by atomic mass is 10.1. The first-order valence-electron chi connectivity index (χ1n) is 4.58. The maximum Gasteiger partial charge on any atom is 0.448 e. The average Bonchev–Trinajstić information content (AvgIpc) is 2.29. The van der Waals surface area contributed by atoms with Crippen molar-refractivity contribution in [1.82, 2.24) is 0 Å². The maximum absolute atomic E-state index is 11.0. The molecule has 16 heavy (non-hydrogen) atoms. The lowest BCUT2D eigenvalue weighted by Gasteiger charge is -2.01. The topological polar surface area (TPSA) is 38.7 Å². The van der Waals surface area contributed by atoms with Crippen LogP contribution in [0.1, 0.15) is 0 Å². The third-order valence-electron chi connectivity index (χ3n) is 2.06. The quantitative estimate of drug-likeness (QED) is 0.555.